The third-order valence-electron chi connectivity index (χ3n) is 4.34. The zero-order chi connectivity index (χ0) is 13.5. The Hall–Kier alpha value is -0.730. The van der Waals surface area contributed by atoms with Gasteiger partial charge in [-0.05, 0) is 67.7 Å². The highest BCUT2D eigenvalue weighted by Gasteiger charge is 2.43. The Morgan fingerprint density at radius 3 is 2.22 bits per heavy atom. The van der Waals surface area contributed by atoms with Gasteiger partial charge in [0.15, 0.2) is 0 Å². The summed E-state index contributed by atoms with van der Waals surface area (Å²) in [5.74, 6) is 0.939. The number of benzene rings is 1. The van der Waals surface area contributed by atoms with Gasteiger partial charge in [-0.1, -0.05) is 11.6 Å². The minimum atomic E-state index is 0.0725. The molecular weight excluding hydrogens is 248 g/mol. The summed E-state index contributed by atoms with van der Waals surface area (Å²) in [6.07, 6.45) is 3.05. The smallest absolute Gasteiger partial charge is 0.125 e. The summed E-state index contributed by atoms with van der Waals surface area (Å²) in [5, 5.41) is 10.3. The SMILES string of the molecule is COc1c(C)c(C)c(Cl)c(C)c1CC1(CO)CC1. The molecule has 1 aliphatic carbocycles. The lowest BCUT2D eigenvalue weighted by molar-refractivity contribution is 0.210. The lowest BCUT2D eigenvalue weighted by Gasteiger charge is -2.21. The fraction of sp³-hybridized carbons (Fsp3) is 0.600. The van der Waals surface area contributed by atoms with Crippen molar-refractivity contribution in [2.75, 3.05) is 13.7 Å². The van der Waals surface area contributed by atoms with Crippen LogP contribution in [0.1, 0.15) is 35.1 Å². The van der Waals surface area contributed by atoms with Gasteiger partial charge < -0.3 is 9.84 Å². The highest BCUT2D eigenvalue weighted by Crippen LogP contribution is 2.50. The number of aliphatic hydroxyl groups excluding tert-OH is 1. The average molecular weight is 269 g/mol. The molecule has 1 aromatic rings. The maximum atomic E-state index is 9.49. The molecule has 2 rings (SSSR count). The summed E-state index contributed by atoms with van der Waals surface area (Å²) < 4.78 is 5.57. The van der Waals surface area contributed by atoms with E-state index in [-0.39, 0.29) is 12.0 Å². The Kier molecular flexibility index (Phi) is 3.61. The van der Waals surface area contributed by atoms with Crippen molar-refractivity contribution in [3.63, 3.8) is 0 Å². The summed E-state index contributed by atoms with van der Waals surface area (Å²) in [7, 11) is 1.71. The summed E-state index contributed by atoms with van der Waals surface area (Å²) in [5.41, 5.74) is 4.53. The van der Waals surface area contributed by atoms with Crippen LogP contribution in [0.3, 0.4) is 0 Å². The first-order valence-electron chi connectivity index (χ1n) is 6.39. The number of hydrogen-bond donors (Lipinski definition) is 1. The zero-order valence-electron chi connectivity index (χ0n) is 11.6. The lowest BCUT2D eigenvalue weighted by Crippen LogP contribution is -2.13. The quantitative estimate of drug-likeness (QED) is 0.904. The van der Waals surface area contributed by atoms with E-state index in [2.05, 4.69) is 0 Å². The van der Waals surface area contributed by atoms with E-state index in [1.54, 1.807) is 7.11 Å². The van der Waals surface area contributed by atoms with Crippen LogP contribution >= 0.6 is 11.6 Å². The van der Waals surface area contributed by atoms with E-state index in [0.717, 1.165) is 52.3 Å². The molecule has 0 aromatic heterocycles. The minimum Gasteiger partial charge on any atom is -0.496 e. The van der Waals surface area contributed by atoms with Gasteiger partial charge in [0.05, 0.1) is 7.11 Å². The van der Waals surface area contributed by atoms with Gasteiger partial charge in [0, 0.05) is 11.6 Å². The van der Waals surface area contributed by atoms with Crippen molar-refractivity contribution in [3.8, 4) is 5.75 Å². The van der Waals surface area contributed by atoms with Gasteiger partial charge in [-0.2, -0.15) is 0 Å². The second kappa shape index (κ2) is 4.75. The van der Waals surface area contributed by atoms with Crippen LogP contribution in [0, 0.1) is 26.2 Å². The van der Waals surface area contributed by atoms with Crippen molar-refractivity contribution in [1.82, 2.24) is 0 Å². The number of hydrogen-bond acceptors (Lipinski definition) is 2. The number of ether oxygens (including phenoxy) is 1. The fourth-order valence-corrected chi connectivity index (χ4v) is 2.83. The first kappa shape index (κ1) is 13.7. The normalized spacial score (nSPS) is 16.8. The van der Waals surface area contributed by atoms with Crippen molar-refractivity contribution >= 4 is 11.6 Å². The molecule has 0 spiro atoms. The summed E-state index contributed by atoms with van der Waals surface area (Å²) in [6.45, 7) is 6.36. The molecule has 1 saturated carbocycles. The third kappa shape index (κ3) is 2.12. The summed E-state index contributed by atoms with van der Waals surface area (Å²) in [6, 6.07) is 0. The van der Waals surface area contributed by atoms with Crippen LogP contribution < -0.4 is 4.74 Å². The van der Waals surface area contributed by atoms with Gasteiger partial charge in [0.2, 0.25) is 0 Å². The van der Waals surface area contributed by atoms with E-state index >= 15 is 0 Å². The average Bonchev–Trinajstić information content (AvgIpc) is 3.14. The van der Waals surface area contributed by atoms with Crippen molar-refractivity contribution in [1.29, 1.82) is 0 Å². The standard InChI is InChI=1S/C15H21ClO2/c1-9-10(2)14(18-4)12(11(3)13(9)16)7-15(8-17)5-6-15/h17H,5-8H2,1-4H3. The lowest BCUT2D eigenvalue weighted by atomic mass is 9.90. The van der Waals surface area contributed by atoms with E-state index < -0.39 is 0 Å². The predicted molar refractivity (Wildman–Crippen MR) is 74.7 cm³/mol. The molecule has 1 aromatic carbocycles. The first-order chi connectivity index (χ1) is 8.45. The molecule has 18 heavy (non-hydrogen) atoms. The molecule has 0 bridgehead atoms. The van der Waals surface area contributed by atoms with Crippen LogP contribution in [0.25, 0.3) is 0 Å². The van der Waals surface area contributed by atoms with Gasteiger partial charge >= 0.3 is 0 Å². The maximum absolute atomic E-state index is 9.49. The van der Waals surface area contributed by atoms with Crippen molar-refractivity contribution in [2.45, 2.75) is 40.0 Å². The van der Waals surface area contributed by atoms with Crippen molar-refractivity contribution in [2.24, 2.45) is 5.41 Å². The molecule has 1 aliphatic rings. The Morgan fingerprint density at radius 1 is 1.17 bits per heavy atom. The van der Waals surface area contributed by atoms with Gasteiger partial charge in [-0.3, -0.25) is 0 Å². The number of aliphatic hydroxyl groups is 1. The highest BCUT2D eigenvalue weighted by atomic mass is 35.5. The van der Waals surface area contributed by atoms with Crippen LogP contribution in [0.15, 0.2) is 0 Å². The predicted octanol–water partition coefficient (Wildman–Crippen LogP) is 3.59. The molecule has 3 heteroatoms. The molecular formula is C15H21ClO2. The van der Waals surface area contributed by atoms with E-state index in [4.69, 9.17) is 16.3 Å². The second-order valence-electron chi connectivity index (χ2n) is 5.54. The van der Waals surface area contributed by atoms with Crippen LogP contribution in [0.2, 0.25) is 5.02 Å². The second-order valence-corrected chi connectivity index (χ2v) is 5.91. The molecule has 0 unspecified atom stereocenters. The van der Waals surface area contributed by atoms with Crippen molar-refractivity contribution < 1.29 is 9.84 Å². The summed E-state index contributed by atoms with van der Waals surface area (Å²) >= 11 is 6.39. The van der Waals surface area contributed by atoms with E-state index in [0.29, 0.717) is 0 Å². The Bertz CT molecular complexity index is 476. The third-order valence-corrected chi connectivity index (χ3v) is 4.90. The van der Waals surface area contributed by atoms with Crippen LogP contribution in [0.4, 0.5) is 0 Å². The number of rotatable bonds is 4. The molecule has 0 aliphatic heterocycles. The largest absolute Gasteiger partial charge is 0.496 e. The summed E-state index contributed by atoms with van der Waals surface area (Å²) in [4.78, 5) is 0. The fourth-order valence-electron chi connectivity index (χ4n) is 2.58. The molecule has 100 valence electrons. The van der Waals surface area contributed by atoms with Crippen molar-refractivity contribution in [3.05, 3.63) is 27.3 Å². The Labute approximate surface area is 114 Å². The van der Waals surface area contributed by atoms with Gasteiger partial charge in [-0.15, -0.1) is 0 Å². The monoisotopic (exact) mass is 268 g/mol. The molecule has 0 saturated heterocycles. The molecule has 2 nitrogen and oxygen atoms in total. The van der Waals surface area contributed by atoms with Crippen LogP contribution in [0.5, 0.6) is 5.75 Å². The molecule has 1 fully saturated rings. The van der Waals surface area contributed by atoms with Gasteiger partial charge in [0.25, 0.3) is 0 Å². The zero-order valence-corrected chi connectivity index (χ0v) is 12.3. The molecule has 0 atom stereocenters. The van der Waals surface area contributed by atoms with E-state index in [1.165, 1.54) is 0 Å². The Balaban J connectivity index is 2.51. The van der Waals surface area contributed by atoms with E-state index in [1.807, 2.05) is 20.8 Å². The Morgan fingerprint density at radius 2 is 1.78 bits per heavy atom. The maximum Gasteiger partial charge on any atom is 0.125 e. The molecule has 0 radical (unpaired) electrons. The highest BCUT2D eigenvalue weighted by molar-refractivity contribution is 6.32. The molecule has 1 N–H and O–H groups in total. The van der Waals surface area contributed by atoms with Crippen LogP contribution in [-0.4, -0.2) is 18.8 Å². The minimum absolute atomic E-state index is 0.0725. The first-order valence-corrected chi connectivity index (χ1v) is 6.76. The number of methoxy groups -OCH3 is 1. The molecule has 0 heterocycles. The number of halogens is 1. The van der Waals surface area contributed by atoms with Gasteiger partial charge in [0.1, 0.15) is 5.75 Å². The molecule has 0 amide bonds. The van der Waals surface area contributed by atoms with Crippen LogP contribution in [-0.2, 0) is 6.42 Å². The van der Waals surface area contributed by atoms with E-state index in [9.17, 15) is 5.11 Å². The topological polar surface area (TPSA) is 29.5 Å². The van der Waals surface area contributed by atoms with Gasteiger partial charge in [-0.25, -0.2) is 0 Å².